The number of esters is 1. The van der Waals surface area contributed by atoms with Crippen molar-refractivity contribution in [3.05, 3.63) is 53.5 Å². The summed E-state index contributed by atoms with van der Waals surface area (Å²) in [6.07, 6.45) is -8.19. The molecule has 1 aromatic carbocycles. The topological polar surface area (TPSA) is 130 Å². The molecule has 0 saturated carbocycles. The highest BCUT2D eigenvalue weighted by atomic mass is 19.4. The zero-order valence-corrected chi connectivity index (χ0v) is 19.0. The van der Waals surface area contributed by atoms with Gasteiger partial charge in [-0.1, -0.05) is 0 Å². The molecule has 3 rings (SSSR count). The molecule has 0 radical (unpaired) electrons. The minimum Gasteiger partial charge on any atom is -0.464 e. The Hall–Kier alpha value is -4.44. The number of nitrogens with one attached hydrogen (secondary N) is 1. The van der Waals surface area contributed by atoms with Gasteiger partial charge in [0.25, 0.3) is 5.91 Å². The quantitative estimate of drug-likeness (QED) is 0.358. The smallest absolute Gasteiger partial charge is 0.464 e. The first-order chi connectivity index (χ1) is 17.1. The van der Waals surface area contributed by atoms with Crippen LogP contribution < -0.4 is 14.8 Å². The largest absolute Gasteiger partial charge is 0.573 e. The summed E-state index contributed by atoms with van der Waals surface area (Å²) in [7, 11) is 1.16. The molecule has 0 aliphatic rings. The Kier molecular flexibility index (Phi) is 7.54. The Bertz CT molecular complexity index is 1260. The lowest BCUT2D eigenvalue weighted by Gasteiger charge is -2.16. The summed E-state index contributed by atoms with van der Waals surface area (Å²) in [5, 5.41) is 6.53. The number of carbonyl (C=O) groups excluding carboxylic acids is 2. The second-order valence-electron chi connectivity index (χ2n) is 7.16. The van der Waals surface area contributed by atoms with E-state index in [-0.39, 0.29) is 23.2 Å². The van der Waals surface area contributed by atoms with Crippen LogP contribution in [0.25, 0.3) is 5.82 Å². The van der Waals surface area contributed by atoms with Crippen molar-refractivity contribution in [3.63, 3.8) is 0 Å². The molecule has 3 aromatic rings. The fourth-order valence-electron chi connectivity index (χ4n) is 2.95. The van der Waals surface area contributed by atoms with Crippen molar-refractivity contribution in [2.75, 3.05) is 7.11 Å². The third-order valence-electron chi connectivity index (χ3n) is 4.33. The van der Waals surface area contributed by atoms with Crippen molar-refractivity contribution >= 4 is 11.9 Å². The zero-order valence-electron chi connectivity index (χ0n) is 19.0. The van der Waals surface area contributed by atoms with Gasteiger partial charge in [-0.25, -0.2) is 19.7 Å². The molecule has 1 N–H and O–H groups in total. The number of aryl methyl sites for hydroxylation is 1. The van der Waals surface area contributed by atoms with Crippen LogP contribution in [0.3, 0.4) is 0 Å². The number of hydrogen-bond acceptors (Lipinski definition) is 9. The number of ether oxygens (including phenoxy) is 3. The first-order valence-corrected chi connectivity index (χ1v) is 9.97. The van der Waals surface area contributed by atoms with Crippen LogP contribution in [0.15, 0.2) is 30.6 Å². The summed E-state index contributed by atoms with van der Waals surface area (Å²) >= 11 is 0. The lowest BCUT2D eigenvalue weighted by atomic mass is 10.1. The predicted octanol–water partition coefficient (Wildman–Crippen LogP) is 3.44. The van der Waals surface area contributed by atoms with Crippen molar-refractivity contribution in [1.82, 2.24) is 30.0 Å². The van der Waals surface area contributed by atoms with E-state index in [1.807, 2.05) is 0 Å². The lowest BCUT2D eigenvalue weighted by molar-refractivity contribution is -0.276. The average Bonchev–Trinajstić information content (AvgIpc) is 3.18. The summed E-state index contributed by atoms with van der Waals surface area (Å²) in [6, 6.07) is 0.519. The monoisotopic (exact) mass is 534 g/mol. The minimum atomic E-state index is -5.24. The van der Waals surface area contributed by atoms with Crippen LogP contribution in [0.4, 0.5) is 26.3 Å². The Morgan fingerprint density at radius 1 is 0.973 bits per heavy atom. The molecule has 198 valence electrons. The molecular weight excluding hydrogens is 518 g/mol. The molecule has 0 fully saturated rings. The molecule has 2 aromatic heterocycles. The lowest BCUT2D eigenvalue weighted by Crippen LogP contribution is -2.29. The number of halogens is 6. The number of benzene rings is 1. The SMILES string of the molecule is COC(=O)c1cnc(-n2nc(C)nc2[C@H](C)NC(=O)c2cc(OC(F)(F)F)cc(OC(F)(F)F)c2)cn1. The highest BCUT2D eigenvalue weighted by Crippen LogP contribution is 2.31. The number of aromatic nitrogens is 5. The number of amides is 1. The zero-order chi connectivity index (χ0) is 27.5. The number of hydrogen-bond donors (Lipinski definition) is 1. The van der Waals surface area contributed by atoms with E-state index >= 15 is 0 Å². The maximum absolute atomic E-state index is 12.7. The number of rotatable bonds is 7. The van der Waals surface area contributed by atoms with Crippen molar-refractivity contribution in [1.29, 1.82) is 0 Å². The molecule has 2 heterocycles. The van der Waals surface area contributed by atoms with Crippen LogP contribution in [0, 0.1) is 6.92 Å². The van der Waals surface area contributed by atoms with Crippen LogP contribution in [0.2, 0.25) is 0 Å². The second kappa shape index (κ2) is 10.3. The highest BCUT2D eigenvalue weighted by molar-refractivity contribution is 5.95. The maximum Gasteiger partial charge on any atom is 0.573 e. The maximum atomic E-state index is 12.7. The molecule has 0 aliphatic heterocycles. The third kappa shape index (κ3) is 7.28. The fourth-order valence-corrected chi connectivity index (χ4v) is 2.95. The van der Waals surface area contributed by atoms with Gasteiger partial charge in [0.05, 0.1) is 25.5 Å². The van der Waals surface area contributed by atoms with E-state index < -0.39 is 47.7 Å². The van der Waals surface area contributed by atoms with E-state index in [4.69, 9.17) is 0 Å². The van der Waals surface area contributed by atoms with E-state index in [9.17, 15) is 35.9 Å². The third-order valence-corrected chi connectivity index (χ3v) is 4.33. The van der Waals surface area contributed by atoms with Gasteiger partial charge in [-0.15, -0.1) is 31.4 Å². The molecule has 11 nitrogen and oxygen atoms in total. The van der Waals surface area contributed by atoms with Crippen LogP contribution >= 0.6 is 0 Å². The summed E-state index contributed by atoms with van der Waals surface area (Å²) in [4.78, 5) is 36.4. The number of methoxy groups -OCH3 is 1. The van der Waals surface area contributed by atoms with Gasteiger partial charge in [0.15, 0.2) is 17.3 Å². The standard InChI is InChI=1S/C20H16F6N6O5/c1-9(16-30-10(2)31-32(16)15-8-27-14(7-28-15)18(34)35-3)29-17(33)11-4-12(36-19(21,22)23)6-13(5-11)37-20(24,25)26/h4-9H,1-3H3,(H,29,33)/t9-/m0/s1. The Balaban J connectivity index is 1.89. The molecule has 0 saturated heterocycles. The Labute approximate surface area is 203 Å². The van der Waals surface area contributed by atoms with E-state index in [0.717, 1.165) is 13.3 Å². The summed E-state index contributed by atoms with van der Waals surface area (Å²) in [5.74, 6) is -3.62. The Morgan fingerprint density at radius 3 is 2.05 bits per heavy atom. The van der Waals surface area contributed by atoms with Crippen molar-refractivity contribution in [3.8, 4) is 17.3 Å². The molecule has 1 amide bonds. The van der Waals surface area contributed by atoms with Gasteiger partial charge in [0.2, 0.25) is 0 Å². The molecule has 0 unspecified atom stereocenters. The van der Waals surface area contributed by atoms with Crippen molar-refractivity contribution in [2.45, 2.75) is 32.6 Å². The second-order valence-corrected chi connectivity index (χ2v) is 7.16. The van der Waals surface area contributed by atoms with Gasteiger partial charge in [0, 0.05) is 11.6 Å². The van der Waals surface area contributed by atoms with Gasteiger partial charge >= 0.3 is 18.7 Å². The van der Waals surface area contributed by atoms with E-state index in [1.54, 1.807) is 0 Å². The fraction of sp³-hybridized carbons (Fsp3) is 0.300. The van der Waals surface area contributed by atoms with Gasteiger partial charge in [-0.3, -0.25) is 4.79 Å². The van der Waals surface area contributed by atoms with Crippen molar-refractivity contribution in [2.24, 2.45) is 0 Å². The van der Waals surface area contributed by atoms with E-state index in [2.05, 4.69) is 39.6 Å². The molecule has 17 heteroatoms. The van der Waals surface area contributed by atoms with Gasteiger partial charge in [-0.05, 0) is 26.0 Å². The van der Waals surface area contributed by atoms with E-state index in [0.29, 0.717) is 18.2 Å². The van der Waals surface area contributed by atoms with Crippen LogP contribution in [-0.4, -0.2) is 56.4 Å². The normalized spacial score (nSPS) is 12.6. The molecule has 0 aliphatic carbocycles. The van der Waals surface area contributed by atoms with Crippen LogP contribution in [0.1, 0.15) is 45.5 Å². The first-order valence-electron chi connectivity index (χ1n) is 9.97. The summed E-state index contributed by atoms with van der Waals surface area (Å²) < 4.78 is 88.8. The number of carbonyl (C=O) groups is 2. The van der Waals surface area contributed by atoms with Crippen molar-refractivity contribution < 1.29 is 50.1 Å². The van der Waals surface area contributed by atoms with Crippen LogP contribution in [0.5, 0.6) is 11.5 Å². The minimum absolute atomic E-state index is 0.0837. The summed E-state index contributed by atoms with van der Waals surface area (Å²) in [5.41, 5.74) is -0.721. The summed E-state index contributed by atoms with van der Waals surface area (Å²) in [6.45, 7) is 2.95. The molecule has 37 heavy (non-hydrogen) atoms. The van der Waals surface area contributed by atoms with E-state index in [1.165, 1.54) is 24.7 Å². The van der Waals surface area contributed by atoms with Gasteiger partial charge in [-0.2, -0.15) is 4.68 Å². The number of alkyl halides is 6. The molecule has 1 atom stereocenters. The Morgan fingerprint density at radius 2 is 1.57 bits per heavy atom. The molecular formula is C20H16F6N6O5. The van der Waals surface area contributed by atoms with Gasteiger partial charge in [0.1, 0.15) is 17.3 Å². The average molecular weight is 534 g/mol. The number of nitrogens with zero attached hydrogens (tertiary/aromatic N) is 5. The first kappa shape index (κ1) is 27.2. The predicted molar refractivity (Wildman–Crippen MR) is 109 cm³/mol. The molecule has 0 bridgehead atoms. The highest BCUT2D eigenvalue weighted by Gasteiger charge is 2.34. The van der Waals surface area contributed by atoms with Gasteiger partial charge < -0.3 is 19.5 Å². The van der Waals surface area contributed by atoms with Crippen LogP contribution in [-0.2, 0) is 4.74 Å². The molecule has 0 spiro atoms.